The third-order valence-corrected chi connectivity index (χ3v) is 5.49. The molecule has 1 amide bonds. The van der Waals surface area contributed by atoms with Crippen LogP contribution in [0.25, 0.3) is 11.5 Å². The van der Waals surface area contributed by atoms with E-state index in [9.17, 15) is 13.2 Å². The molecule has 1 saturated heterocycles. The molecule has 1 aromatic carbocycles. The molecule has 8 nitrogen and oxygen atoms in total. The van der Waals surface area contributed by atoms with Crippen molar-refractivity contribution >= 4 is 33.5 Å². The first kappa shape index (κ1) is 17.8. The maximum Gasteiger partial charge on any atom is 0.322 e. The molecule has 0 saturated carbocycles. The first-order valence-electron chi connectivity index (χ1n) is 7.68. The Balaban J connectivity index is 1.66. The zero-order chi connectivity index (χ0) is 18.0. The van der Waals surface area contributed by atoms with E-state index in [1.807, 2.05) is 0 Å². The predicted molar refractivity (Wildman–Crippen MR) is 92.5 cm³/mol. The maximum atomic E-state index is 12.4. The number of anilines is 1. The molecule has 1 fully saturated rings. The average Bonchev–Trinajstić information content (AvgIpc) is 3.03. The minimum Gasteiger partial charge on any atom is -0.403 e. The maximum absolute atomic E-state index is 12.4. The largest absolute Gasteiger partial charge is 0.403 e. The number of hydrogen-bond donors (Lipinski definition) is 1. The Hall–Kier alpha value is -1.97. The molecule has 1 aliphatic heterocycles. The second kappa shape index (κ2) is 7.11. The van der Waals surface area contributed by atoms with Crippen LogP contribution in [0.15, 0.2) is 28.7 Å². The van der Waals surface area contributed by atoms with Crippen LogP contribution in [0.3, 0.4) is 0 Å². The molecule has 3 rings (SSSR count). The van der Waals surface area contributed by atoms with Gasteiger partial charge in [-0.1, -0.05) is 16.7 Å². The van der Waals surface area contributed by atoms with Crippen molar-refractivity contribution < 1.29 is 17.6 Å². The van der Waals surface area contributed by atoms with Gasteiger partial charge in [0.1, 0.15) is 0 Å². The highest BCUT2D eigenvalue weighted by Gasteiger charge is 2.30. The van der Waals surface area contributed by atoms with E-state index < -0.39 is 15.9 Å². The topological polar surface area (TPSA) is 105 Å². The number of amides is 1. The molecule has 2 heterocycles. The summed E-state index contributed by atoms with van der Waals surface area (Å²) in [4.78, 5) is 12.4. The van der Waals surface area contributed by atoms with Gasteiger partial charge in [0.25, 0.3) is 0 Å². The molecule has 0 aliphatic carbocycles. The Morgan fingerprint density at radius 1 is 1.32 bits per heavy atom. The van der Waals surface area contributed by atoms with Gasteiger partial charge in [0.05, 0.1) is 12.2 Å². The van der Waals surface area contributed by atoms with Crippen molar-refractivity contribution in [2.24, 2.45) is 5.92 Å². The van der Waals surface area contributed by atoms with Crippen molar-refractivity contribution in [2.75, 3.05) is 24.7 Å². The van der Waals surface area contributed by atoms with Gasteiger partial charge in [-0.25, -0.2) is 12.7 Å². The molecule has 25 heavy (non-hydrogen) atoms. The fourth-order valence-corrected chi connectivity index (χ4v) is 3.69. The summed E-state index contributed by atoms with van der Waals surface area (Å²) >= 11 is 5.83. The van der Waals surface area contributed by atoms with Crippen molar-refractivity contribution in [2.45, 2.75) is 12.8 Å². The zero-order valence-electron chi connectivity index (χ0n) is 13.5. The third-order valence-electron chi connectivity index (χ3n) is 3.97. The first-order valence-corrected chi connectivity index (χ1v) is 9.91. The number of nitrogens with zero attached hydrogens (tertiary/aromatic N) is 3. The van der Waals surface area contributed by atoms with E-state index in [0.29, 0.717) is 30.0 Å². The van der Waals surface area contributed by atoms with E-state index in [2.05, 4.69) is 15.5 Å². The van der Waals surface area contributed by atoms with Crippen molar-refractivity contribution in [3.63, 3.8) is 0 Å². The van der Waals surface area contributed by atoms with Gasteiger partial charge in [0, 0.05) is 23.7 Å². The predicted octanol–water partition coefficient (Wildman–Crippen LogP) is 2.00. The highest BCUT2D eigenvalue weighted by molar-refractivity contribution is 7.88. The normalized spacial score (nSPS) is 18.9. The average molecular weight is 385 g/mol. The van der Waals surface area contributed by atoms with Gasteiger partial charge in [-0.2, -0.15) is 0 Å². The highest BCUT2D eigenvalue weighted by atomic mass is 35.5. The number of piperidine rings is 1. The second-order valence-corrected chi connectivity index (χ2v) is 8.29. The number of carbonyl (C=O) groups excluding carboxylic acids is 1. The quantitative estimate of drug-likeness (QED) is 0.864. The summed E-state index contributed by atoms with van der Waals surface area (Å²) < 4.78 is 30.0. The Morgan fingerprint density at radius 2 is 2.04 bits per heavy atom. The Labute approximate surface area is 150 Å². The molecular formula is C15H17ClN4O4S. The summed E-state index contributed by atoms with van der Waals surface area (Å²) in [5.74, 6) is -0.526. The summed E-state index contributed by atoms with van der Waals surface area (Å²) in [6.45, 7) is 0.590. The number of aromatic nitrogens is 2. The van der Waals surface area contributed by atoms with Gasteiger partial charge in [-0.3, -0.25) is 10.1 Å². The fourth-order valence-electron chi connectivity index (χ4n) is 2.65. The van der Waals surface area contributed by atoms with Crippen LogP contribution in [0.1, 0.15) is 12.8 Å². The number of halogens is 1. The van der Waals surface area contributed by atoms with Crippen LogP contribution in [-0.2, 0) is 14.8 Å². The fraction of sp³-hybridized carbons (Fsp3) is 0.400. The van der Waals surface area contributed by atoms with Crippen LogP contribution in [0.5, 0.6) is 0 Å². The minimum atomic E-state index is -3.31. The first-order chi connectivity index (χ1) is 11.8. The van der Waals surface area contributed by atoms with Gasteiger partial charge in [0.2, 0.25) is 21.8 Å². The van der Waals surface area contributed by atoms with Crippen molar-refractivity contribution in [1.29, 1.82) is 0 Å². The van der Waals surface area contributed by atoms with E-state index >= 15 is 0 Å². The number of hydrogen-bond acceptors (Lipinski definition) is 6. The molecule has 1 N–H and O–H groups in total. The van der Waals surface area contributed by atoms with Gasteiger partial charge in [0.15, 0.2) is 0 Å². The van der Waals surface area contributed by atoms with Crippen LogP contribution in [0, 0.1) is 5.92 Å². The molecule has 1 atom stereocenters. The molecule has 134 valence electrons. The Morgan fingerprint density at radius 3 is 2.72 bits per heavy atom. The molecule has 1 aromatic heterocycles. The molecule has 1 aliphatic rings. The lowest BCUT2D eigenvalue weighted by molar-refractivity contribution is -0.121. The molecule has 0 unspecified atom stereocenters. The minimum absolute atomic E-state index is 0.0218. The number of benzene rings is 1. The zero-order valence-corrected chi connectivity index (χ0v) is 15.0. The van der Waals surface area contributed by atoms with E-state index in [-0.39, 0.29) is 24.4 Å². The number of rotatable bonds is 4. The van der Waals surface area contributed by atoms with Crippen LogP contribution in [-0.4, -0.2) is 48.2 Å². The van der Waals surface area contributed by atoms with Crippen LogP contribution < -0.4 is 5.32 Å². The van der Waals surface area contributed by atoms with Crippen molar-refractivity contribution in [3.05, 3.63) is 29.3 Å². The van der Waals surface area contributed by atoms with Crippen LogP contribution in [0.2, 0.25) is 5.02 Å². The van der Waals surface area contributed by atoms with Crippen LogP contribution >= 0.6 is 11.6 Å². The smallest absolute Gasteiger partial charge is 0.322 e. The highest BCUT2D eigenvalue weighted by Crippen LogP contribution is 2.23. The SMILES string of the molecule is CS(=O)(=O)N1CCC[C@H](C(=O)Nc2nnc(-c3ccc(Cl)cc3)o2)C1. The standard InChI is InChI=1S/C15H17ClN4O4S/c1-25(22,23)20-8-2-3-11(9-20)13(21)17-15-19-18-14(24-15)10-4-6-12(16)7-5-10/h4-7,11H,2-3,8-9H2,1H3,(H,17,19,21)/t11-/m0/s1. The number of sulfonamides is 1. The molecule has 0 radical (unpaired) electrons. The summed E-state index contributed by atoms with van der Waals surface area (Å²) in [5.41, 5.74) is 0.679. The summed E-state index contributed by atoms with van der Waals surface area (Å²) in [5, 5.41) is 10.8. The van der Waals surface area contributed by atoms with Crippen molar-refractivity contribution in [1.82, 2.24) is 14.5 Å². The number of carbonyl (C=O) groups is 1. The lowest BCUT2D eigenvalue weighted by Crippen LogP contribution is -2.43. The summed E-state index contributed by atoms with van der Waals surface area (Å²) in [6, 6.07) is 6.83. The van der Waals surface area contributed by atoms with E-state index in [1.165, 1.54) is 4.31 Å². The monoisotopic (exact) mass is 384 g/mol. The van der Waals surface area contributed by atoms with Crippen LogP contribution in [0.4, 0.5) is 6.01 Å². The summed E-state index contributed by atoms with van der Waals surface area (Å²) in [7, 11) is -3.31. The summed E-state index contributed by atoms with van der Waals surface area (Å²) in [6.07, 6.45) is 2.38. The molecule has 0 spiro atoms. The molecule has 10 heteroatoms. The second-order valence-electron chi connectivity index (χ2n) is 5.87. The van der Waals surface area contributed by atoms with E-state index in [1.54, 1.807) is 24.3 Å². The third kappa shape index (κ3) is 4.36. The Bertz CT molecular complexity index is 866. The van der Waals surface area contributed by atoms with Gasteiger partial charge in [-0.05, 0) is 37.1 Å². The van der Waals surface area contributed by atoms with Crippen molar-refractivity contribution in [3.8, 4) is 11.5 Å². The molecule has 0 bridgehead atoms. The lowest BCUT2D eigenvalue weighted by atomic mass is 9.99. The molecule has 2 aromatic rings. The van der Waals surface area contributed by atoms with Gasteiger partial charge in [-0.15, -0.1) is 5.10 Å². The van der Waals surface area contributed by atoms with E-state index in [4.69, 9.17) is 16.0 Å². The van der Waals surface area contributed by atoms with Gasteiger partial charge < -0.3 is 4.42 Å². The van der Waals surface area contributed by atoms with Gasteiger partial charge >= 0.3 is 6.01 Å². The Kier molecular flexibility index (Phi) is 5.07. The lowest BCUT2D eigenvalue weighted by Gasteiger charge is -2.29. The number of nitrogens with one attached hydrogen (secondary N) is 1. The molecular weight excluding hydrogens is 368 g/mol. The van der Waals surface area contributed by atoms with E-state index in [0.717, 1.165) is 6.26 Å².